The molecule has 0 saturated carbocycles. The van der Waals surface area contributed by atoms with Crippen molar-refractivity contribution in [3.63, 3.8) is 0 Å². The summed E-state index contributed by atoms with van der Waals surface area (Å²) < 4.78 is 20.3. The monoisotopic (exact) mass is 293 g/mol. The highest BCUT2D eigenvalue weighted by molar-refractivity contribution is 5.66. The van der Waals surface area contributed by atoms with Gasteiger partial charge in [0.2, 0.25) is 0 Å². The predicted octanol–water partition coefficient (Wildman–Crippen LogP) is 4.10. The van der Waals surface area contributed by atoms with Crippen LogP contribution in [-0.2, 0) is 0 Å². The van der Waals surface area contributed by atoms with Crippen molar-refractivity contribution in [1.82, 2.24) is 14.5 Å². The Morgan fingerprint density at radius 3 is 2.68 bits per heavy atom. The fraction of sp³-hybridized carbons (Fsp3) is 0.0588. The molecule has 0 aliphatic carbocycles. The van der Waals surface area contributed by atoms with E-state index in [0.717, 1.165) is 28.2 Å². The van der Waals surface area contributed by atoms with Crippen LogP contribution in [0.3, 0.4) is 0 Å². The SMILES string of the molecule is Cc1cc(-c2cn3cc(-c4cccc(F)c4)ccc3n2)no1. The molecule has 0 unspecified atom stereocenters. The van der Waals surface area contributed by atoms with Crippen LogP contribution < -0.4 is 0 Å². The lowest BCUT2D eigenvalue weighted by molar-refractivity contribution is 0.399. The Bertz CT molecular complexity index is 971. The minimum atomic E-state index is -0.248. The van der Waals surface area contributed by atoms with Crippen molar-refractivity contribution >= 4 is 5.65 Å². The van der Waals surface area contributed by atoms with E-state index in [2.05, 4.69) is 10.1 Å². The van der Waals surface area contributed by atoms with Crippen LogP contribution in [-0.4, -0.2) is 14.5 Å². The van der Waals surface area contributed by atoms with Gasteiger partial charge in [-0.05, 0) is 42.3 Å². The quantitative estimate of drug-likeness (QED) is 0.558. The Kier molecular flexibility index (Phi) is 2.79. The molecule has 4 rings (SSSR count). The zero-order chi connectivity index (χ0) is 15.1. The maximum Gasteiger partial charge on any atom is 0.137 e. The Labute approximate surface area is 125 Å². The van der Waals surface area contributed by atoms with Gasteiger partial charge in [0.05, 0.1) is 0 Å². The molecule has 0 atom stereocenters. The Balaban J connectivity index is 1.81. The van der Waals surface area contributed by atoms with E-state index >= 15 is 0 Å². The first kappa shape index (κ1) is 12.8. The lowest BCUT2D eigenvalue weighted by Gasteiger charge is -2.02. The molecule has 0 aliphatic rings. The molecular weight excluding hydrogens is 281 g/mol. The van der Waals surface area contributed by atoms with E-state index in [4.69, 9.17) is 4.52 Å². The molecule has 4 nitrogen and oxygen atoms in total. The number of benzene rings is 1. The van der Waals surface area contributed by atoms with Crippen LogP contribution in [0.5, 0.6) is 0 Å². The van der Waals surface area contributed by atoms with Gasteiger partial charge < -0.3 is 8.92 Å². The molecule has 4 aromatic rings. The van der Waals surface area contributed by atoms with E-state index < -0.39 is 0 Å². The van der Waals surface area contributed by atoms with E-state index in [1.54, 1.807) is 6.07 Å². The highest BCUT2D eigenvalue weighted by atomic mass is 19.1. The average Bonchev–Trinajstić information content (AvgIpc) is 3.12. The summed E-state index contributed by atoms with van der Waals surface area (Å²) in [6, 6.07) is 12.2. The highest BCUT2D eigenvalue weighted by Gasteiger charge is 2.09. The van der Waals surface area contributed by atoms with Crippen molar-refractivity contribution in [3.8, 4) is 22.5 Å². The van der Waals surface area contributed by atoms with Crippen LogP contribution in [0, 0.1) is 12.7 Å². The molecule has 3 heterocycles. The number of aryl methyl sites for hydroxylation is 1. The predicted molar refractivity (Wildman–Crippen MR) is 80.8 cm³/mol. The number of nitrogens with zero attached hydrogens (tertiary/aromatic N) is 3. The second-order valence-electron chi connectivity index (χ2n) is 5.14. The van der Waals surface area contributed by atoms with Crippen LogP contribution in [0.15, 0.2) is 59.4 Å². The number of halogens is 1. The number of hydrogen-bond donors (Lipinski definition) is 0. The number of fused-ring (bicyclic) bond motifs is 1. The van der Waals surface area contributed by atoms with Crippen LogP contribution in [0.25, 0.3) is 28.2 Å². The first-order valence-corrected chi connectivity index (χ1v) is 6.87. The van der Waals surface area contributed by atoms with Gasteiger partial charge in [-0.15, -0.1) is 0 Å². The molecule has 5 heteroatoms. The molecule has 3 aromatic heterocycles. The lowest BCUT2D eigenvalue weighted by atomic mass is 10.1. The smallest absolute Gasteiger partial charge is 0.137 e. The minimum absolute atomic E-state index is 0.248. The Morgan fingerprint density at radius 2 is 1.91 bits per heavy atom. The lowest BCUT2D eigenvalue weighted by Crippen LogP contribution is -1.86. The molecule has 0 aliphatic heterocycles. The third-order valence-corrected chi connectivity index (χ3v) is 3.50. The second-order valence-corrected chi connectivity index (χ2v) is 5.14. The van der Waals surface area contributed by atoms with Gasteiger partial charge >= 0.3 is 0 Å². The van der Waals surface area contributed by atoms with Crippen LogP contribution >= 0.6 is 0 Å². The van der Waals surface area contributed by atoms with Crippen LogP contribution in [0.4, 0.5) is 4.39 Å². The topological polar surface area (TPSA) is 43.3 Å². The zero-order valence-electron chi connectivity index (χ0n) is 11.8. The Morgan fingerprint density at radius 1 is 1.00 bits per heavy atom. The molecular formula is C17H12FN3O. The molecule has 0 fully saturated rings. The molecule has 108 valence electrons. The maximum absolute atomic E-state index is 13.4. The van der Waals surface area contributed by atoms with Crippen molar-refractivity contribution in [1.29, 1.82) is 0 Å². The molecule has 0 amide bonds. The van der Waals surface area contributed by atoms with Gasteiger partial charge in [0.1, 0.15) is 28.6 Å². The molecule has 22 heavy (non-hydrogen) atoms. The number of imidazole rings is 1. The summed E-state index contributed by atoms with van der Waals surface area (Å²) in [6.45, 7) is 1.84. The standard InChI is InChI=1S/C17H12FN3O/c1-11-7-15(20-22-11)16-10-21-9-13(5-6-17(21)19-16)12-3-2-4-14(18)8-12/h2-10H,1H3. The van der Waals surface area contributed by atoms with Gasteiger partial charge in [0.15, 0.2) is 0 Å². The number of pyridine rings is 1. The summed E-state index contributed by atoms with van der Waals surface area (Å²) in [5.41, 5.74) is 4.00. The number of rotatable bonds is 2. The number of aromatic nitrogens is 3. The third kappa shape index (κ3) is 2.16. The van der Waals surface area contributed by atoms with Crippen molar-refractivity contribution in [2.24, 2.45) is 0 Å². The van der Waals surface area contributed by atoms with Gasteiger partial charge in [-0.25, -0.2) is 9.37 Å². The van der Waals surface area contributed by atoms with Gasteiger partial charge in [0, 0.05) is 18.5 Å². The maximum atomic E-state index is 13.4. The largest absolute Gasteiger partial charge is 0.361 e. The van der Waals surface area contributed by atoms with E-state index in [1.165, 1.54) is 12.1 Å². The molecule has 1 aromatic carbocycles. The fourth-order valence-corrected chi connectivity index (χ4v) is 2.44. The zero-order valence-corrected chi connectivity index (χ0v) is 11.8. The van der Waals surface area contributed by atoms with E-state index in [0.29, 0.717) is 5.69 Å². The molecule has 0 bridgehead atoms. The van der Waals surface area contributed by atoms with Crippen LogP contribution in [0.1, 0.15) is 5.76 Å². The van der Waals surface area contributed by atoms with Gasteiger partial charge in [-0.2, -0.15) is 0 Å². The minimum Gasteiger partial charge on any atom is -0.361 e. The van der Waals surface area contributed by atoms with E-state index in [-0.39, 0.29) is 5.82 Å². The Hall–Kier alpha value is -2.95. The molecule has 0 spiro atoms. The second kappa shape index (κ2) is 4.80. The molecule has 0 N–H and O–H groups in total. The van der Waals surface area contributed by atoms with E-state index in [9.17, 15) is 4.39 Å². The highest BCUT2D eigenvalue weighted by Crippen LogP contribution is 2.23. The summed E-state index contributed by atoms with van der Waals surface area (Å²) in [7, 11) is 0. The number of hydrogen-bond acceptors (Lipinski definition) is 3. The third-order valence-electron chi connectivity index (χ3n) is 3.50. The summed E-state index contributed by atoms with van der Waals surface area (Å²) in [5.74, 6) is 0.495. The average molecular weight is 293 g/mol. The van der Waals surface area contributed by atoms with Crippen molar-refractivity contribution in [3.05, 3.63) is 66.4 Å². The first-order chi connectivity index (χ1) is 10.7. The van der Waals surface area contributed by atoms with Gasteiger partial charge in [-0.1, -0.05) is 17.3 Å². The van der Waals surface area contributed by atoms with Gasteiger partial charge in [-0.3, -0.25) is 0 Å². The summed E-state index contributed by atoms with van der Waals surface area (Å²) >= 11 is 0. The van der Waals surface area contributed by atoms with Crippen molar-refractivity contribution in [2.75, 3.05) is 0 Å². The molecule has 0 saturated heterocycles. The summed E-state index contributed by atoms with van der Waals surface area (Å²) in [5, 5.41) is 3.97. The van der Waals surface area contributed by atoms with E-state index in [1.807, 2.05) is 48.0 Å². The summed E-state index contributed by atoms with van der Waals surface area (Å²) in [6.07, 6.45) is 3.81. The van der Waals surface area contributed by atoms with Crippen LogP contribution in [0.2, 0.25) is 0 Å². The first-order valence-electron chi connectivity index (χ1n) is 6.87. The normalized spacial score (nSPS) is 11.2. The fourth-order valence-electron chi connectivity index (χ4n) is 2.44. The van der Waals surface area contributed by atoms with Crippen molar-refractivity contribution < 1.29 is 8.91 Å². The summed E-state index contributed by atoms with van der Waals surface area (Å²) in [4.78, 5) is 4.52. The van der Waals surface area contributed by atoms with Crippen molar-refractivity contribution in [2.45, 2.75) is 6.92 Å². The van der Waals surface area contributed by atoms with Gasteiger partial charge in [0.25, 0.3) is 0 Å². The molecule has 0 radical (unpaired) electrons.